The van der Waals surface area contributed by atoms with Crippen LogP contribution in [0.3, 0.4) is 0 Å². The number of nitrogens with zero attached hydrogens (tertiary/aromatic N) is 2. The van der Waals surface area contributed by atoms with Crippen LogP contribution in [0.4, 0.5) is 10.2 Å². The van der Waals surface area contributed by atoms with Crippen molar-refractivity contribution in [3.05, 3.63) is 76.3 Å². The third-order valence-corrected chi connectivity index (χ3v) is 5.87. The van der Waals surface area contributed by atoms with Crippen molar-refractivity contribution in [1.82, 2.24) is 25.9 Å². The molecule has 2 amide bonds. The molecule has 1 aliphatic heterocycles. The second-order valence-corrected chi connectivity index (χ2v) is 8.41. The highest BCUT2D eigenvalue weighted by molar-refractivity contribution is 6.31. The molecule has 3 aromatic rings. The summed E-state index contributed by atoms with van der Waals surface area (Å²) in [5, 5.41) is 9.19. The first kappa shape index (κ1) is 23.6. The van der Waals surface area contributed by atoms with Gasteiger partial charge in [-0.15, -0.1) is 0 Å². The van der Waals surface area contributed by atoms with Crippen LogP contribution in [0.2, 0.25) is 5.02 Å². The first-order valence-electron chi connectivity index (χ1n) is 10.9. The molecule has 4 rings (SSSR count). The first-order valence-corrected chi connectivity index (χ1v) is 11.2. The van der Waals surface area contributed by atoms with E-state index < -0.39 is 5.82 Å². The third-order valence-electron chi connectivity index (χ3n) is 5.52. The van der Waals surface area contributed by atoms with E-state index in [1.165, 1.54) is 24.4 Å². The van der Waals surface area contributed by atoms with Crippen molar-refractivity contribution in [3.63, 3.8) is 0 Å². The summed E-state index contributed by atoms with van der Waals surface area (Å²) in [6.07, 6.45) is 3.32. The van der Waals surface area contributed by atoms with Crippen LogP contribution in [-0.2, 0) is 6.54 Å². The Bertz CT molecular complexity index is 1220. The zero-order valence-electron chi connectivity index (χ0n) is 18.3. The van der Waals surface area contributed by atoms with E-state index in [9.17, 15) is 14.0 Å². The van der Waals surface area contributed by atoms with Gasteiger partial charge < -0.3 is 21.7 Å². The topological polar surface area (TPSA) is 122 Å². The predicted molar refractivity (Wildman–Crippen MR) is 128 cm³/mol. The lowest BCUT2D eigenvalue weighted by molar-refractivity contribution is 0.0923. The maximum Gasteiger partial charge on any atom is 0.274 e. The van der Waals surface area contributed by atoms with Gasteiger partial charge in [-0.1, -0.05) is 29.8 Å². The van der Waals surface area contributed by atoms with Gasteiger partial charge in [-0.05, 0) is 49.2 Å². The first-order chi connectivity index (χ1) is 16.4. The molecule has 1 aliphatic rings. The SMILES string of the molecule is Nc1ncc(-c2cccc(C(=O)NCc3ccc(F)cc3Cl)c2)nc1C(=O)N[C@H]1CCCNC1. The van der Waals surface area contributed by atoms with E-state index in [2.05, 4.69) is 25.9 Å². The molecular formula is C24H24ClFN6O2. The number of amides is 2. The second kappa shape index (κ2) is 10.6. The number of aromatic nitrogens is 2. The lowest BCUT2D eigenvalue weighted by Gasteiger charge is -2.23. The molecule has 8 nitrogen and oxygen atoms in total. The Morgan fingerprint density at radius 2 is 2.06 bits per heavy atom. The van der Waals surface area contributed by atoms with Crippen LogP contribution in [0.5, 0.6) is 0 Å². The third kappa shape index (κ3) is 5.67. The fourth-order valence-electron chi connectivity index (χ4n) is 3.70. The Kier molecular flexibility index (Phi) is 7.34. The molecule has 0 bridgehead atoms. The molecule has 0 saturated carbocycles. The van der Waals surface area contributed by atoms with Crippen LogP contribution >= 0.6 is 11.6 Å². The summed E-state index contributed by atoms with van der Waals surface area (Å²) in [5.41, 5.74) is 7.96. The summed E-state index contributed by atoms with van der Waals surface area (Å²) in [4.78, 5) is 34.0. The van der Waals surface area contributed by atoms with E-state index in [0.717, 1.165) is 19.4 Å². The highest BCUT2D eigenvalue weighted by Crippen LogP contribution is 2.21. The van der Waals surface area contributed by atoms with Gasteiger partial charge in [0.2, 0.25) is 0 Å². The maximum atomic E-state index is 13.2. The van der Waals surface area contributed by atoms with Gasteiger partial charge in [-0.2, -0.15) is 0 Å². The van der Waals surface area contributed by atoms with Gasteiger partial charge in [0.1, 0.15) is 5.82 Å². The lowest BCUT2D eigenvalue weighted by Crippen LogP contribution is -2.46. The molecule has 0 aliphatic carbocycles. The molecule has 10 heteroatoms. The standard InChI is InChI=1S/C24H24ClFN6O2/c25-19-10-17(26)7-6-16(19)11-30-23(33)15-4-1-3-14(9-15)20-13-29-22(27)21(32-20)24(34)31-18-5-2-8-28-12-18/h1,3-4,6-7,9-10,13,18,28H,2,5,8,11-12H2,(H2,27,29)(H,30,33)(H,31,34)/t18-/m0/s1. The zero-order valence-corrected chi connectivity index (χ0v) is 19.0. The van der Waals surface area contributed by atoms with E-state index in [4.69, 9.17) is 17.3 Å². The van der Waals surface area contributed by atoms with Crippen molar-refractivity contribution in [3.8, 4) is 11.3 Å². The molecule has 34 heavy (non-hydrogen) atoms. The van der Waals surface area contributed by atoms with Crippen molar-refractivity contribution in [2.75, 3.05) is 18.8 Å². The normalized spacial score (nSPS) is 15.5. The summed E-state index contributed by atoms with van der Waals surface area (Å²) in [6, 6.07) is 10.8. The number of nitrogens with one attached hydrogen (secondary N) is 3. The number of anilines is 1. The van der Waals surface area contributed by atoms with Crippen molar-refractivity contribution in [2.24, 2.45) is 0 Å². The fourth-order valence-corrected chi connectivity index (χ4v) is 3.93. The van der Waals surface area contributed by atoms with Gasteiger partial charge in [-0.25, -0.2) is 14.4 Å². The summed E-state index contributed by atoms with van der Waals surface area (Å²) < 4.78 is 13.2. The molecule has 176 valence electrons. The van der Waals surface area contributed by atoms with Gasteiger partial charge in [0.05, 0.1) is 11.9 Å². The quantitative estimate of drug-likeness (QED) is 0.428. The van der Waals surface area contributed by atoms with E-state index >= 15 is 0 Å². The van der Waals surface area contributed by atoms with Gasteiger partial charge in [-0.3, -0.25) is 9.59 Å². The Morgan fingerprint density at radius 3 is 2.82 bits per heavy atom. The van der Waals surface area contributed by atoms with Crippen LogP contribution in [0.1, 0.15) is 39.3 Å². The van der Waals surface area contributed by atoms with Crippen LogP contribution in [-0.4, -0.2) is 40.9 Å². The van der Waals surface area contributed by atoms with Crippen LogP contribution in [0.15, 0.2) is 48.7 Å². The van der Waals surface area contributed by atoms with Crippen molar-refractivity contribution < 1.29 is 14.0 Å². The number of benzene rings is 2. The number of nitrogen functional groups attached to an aromatic ring is 1. The minimum absolute atomic E-state index is 0.00717. The molecule has 0 unspecified atom stereocenters. The van der Waals surface area contributed by atoms with Crippen LogP contribution in [0.25, 0.3) is 11.3 Å². The molecule has 1 atom stereocenters. The monoisotopic (exact) mass is 482 g/mol. The molecule has 1 aromatic heterocycles. The molecule has 1 saturated heterocycles. The summed E-state index contributed by atoms with van der Waals surface area (Å²) in [6.45, 7) is 1.77. The number of piperidine rings is 1. The predicted octanol–water partition coefficient (Wildman–Crippen LogP) is 2.93. The Balaban J connectivity index is 1.48. The van der Waals surface area contributed by atoms with E-state index in [1.807, 2.05) is 0 Å². The van der Waals surface area contributed by atoms with Crippen molar-refractivity contribution in [2.45, 2.75) is 25.4 Å². The summed E-state index contributed by atoms with van der Waals surface area (Å²) in [7, 11) is 0. The number of hydrogen-bond acceptors (Lipinski definition) is 6. The van der Waals surface area contributed by atoms with Crippen molar-refractivity contribution in [1.29, 1.82) is 0 Å². The van der Waals surface area contributed by atoms with Crippen LogP contribution < -0.4 is 21.7 Å². The Hall–Kier alpha value is -3.56. The number of nitrogens with two attached hydrogens (primary N) is 1. The highest BCUT2D eigenvalue weighted by atomic mass is 35.5. The molecule has 2 heterocycles. The second-order valence-electron chi connectivity index (χ2n) is 8.01. The minimum Gasteiger partial charge on any atom is -0.382 e. The molecule has 1 fully saturated rings. The Morgan fingerprint density at radius 1 is 1.21 bits per heavy atom. The van der Waals surface area contributed by atoms with Gasteiger partial charge >= 0.3 is 0 Å². The molecular weight excluding hydrogens is 459 g/mol. The largest absolute Gasteiger partial charge is 0.382 e. The number of rotatable bonds is 6. The molecule has 0 spiro atoms. The Labute approximate surface area is 201 Å². The fraction of sp³-hybridized carbons (Fsp3) is 0.250. The number of carbonyl (C=O) groups is 2. The van der Waals surface area contributed by atoms with Gasteiger partial charge in [0.25, 0.3) is 11.8 Å². The van der Waals surface area contributed by atoms with E-state index in [0.29, 0.717) is 28.9 Å². The average molecular weight is 483 g/mol. The lowest BCUT2D eigenvalue weighted by atomic mass is 10.1. The maximum absolute atomic E-state index is 13.2. The number of halogens is 2. The van der Waals surface area contributed by atoms with E-state index in [-0.39, 0.29) is 40.9 Å². The van der Waals surface area contributed by atoms with Gasteiger partial charge in [0.15, 0.2) is 11.5 Å². The minimum atomic E-state index is -0.444. The summed E-state index contributed by atoms with van der Waals surface area (Å²) >= 11 is 6.03. The number of hydrogen-bond donors (Lipinski definition) is 4. The highest BCUT2D eigenvalue weighted by Gasteiger charge is 2.20. The van der Waals surface area contributed by atoms with Crippen molar-refractivity contribution >= 4 is 29.2 Å². The van der Waals surface area contributed by atoms with E-state index in [1.54, 1.807) is 24.3 Å². The molecule has 2 aromatic carbocycles. The number of carbonyl (C=O) groups excluding carboxylic acids is 2. The molecule has 0 radical (unpaired) electrons. The van der Waals surface area contributed by atoms with Crippen LogP contribution in [0, 0.1) is 5.82 Å². The van der Waals surface area contributed by atoms with Gasteiger partial charge in [0, 0.05) is 35.3 Å². The zero-order chi connectivity index (χ0) is 24.1. The average Bonchev–Trinajstić information content (AvgIpc) is 2.84. The molecule has 5 N–H and O–H groups in total. The smallest absolute Gasteiger partial charge is 0.274 e. The summed E-state index contributed by atoms with van der Waals surface area (Å²) in [5.74, 6) is -1.13.